The zero-order valence-corrected chi connectivity index (χ0v) is 9.45. The minimum Gasteiger partial charge on any atom is -0.343 e. The Morgan fingerprint density at radius 3 is 2.83 bits per heavy atom. The molecule has 96 valence electrons. The van der Waals surface area contributed by atoms with E-state index >= 15 is 0 Å². The number of aryl methyl sites for hydroxylation is 1. The summed E-state index contributed by atoms with van der Waals surface area (Å²) in [7, 11) is 0. The molecule has 2 heterocycles. The van der Waals surface area contributed by atoms with Crippen LogP contribution in [0.5, 0.6) is 0 Å². The zero-order chi connectivity index (χ0) is 13.3. The molecule has 4 nitrogen and oxygen atoms in total. The Morgan fingerprint density at radius 1 is 1.50 bits per heavy atom. The van der Waals surface area contributed by atoms with Gasteiger partial charge in [-0.25, -0.2) is 4.98 Å². The lowest BCUT2D eigenvalue weighted by atomic mass is 10.3. The maximum atomic E-state index is 12.0. The largest absolute Gasteiger partial charge is 0.471 e. The van der Waals surface area contributed by atoms with Crippen LogP contribution >= 0.6 is 0 Å². The monoisotopic (exact) mass is 257 g/mol. The number of aromatic nitrogens is 2. The third-order valence-corrected chi connectivity index (χ3v) is 2.42. The smallest absolute Gasteiger partial charge is 0.343 e. The molecule has 0 aliphatic heterocycles. The molecule has 18 heavy (non-hydrogen) atoms. The van der Waals surface area contributed by atoms with Gasteiger partial charge in [0.2, 0.25) is 0 Å². The topological polar surface area (TPSA) is 46.4 Å². The first-order valence-electron chi connectivity index (χ1n) is 5.16. The predicted molar refractivity (Wildman–Crippen MR) is 57.8 cm³/mol. The van der Waals surface area contributed by atoms with E-state index in [2.05, 4.69) is 4.98 Å². The number of fused-ring (bicyclic) bond motifs is 1. The van der Waals surface area contributed by atoms with Crippen LogP contribution in [0.2, 0.25) is 0 Å². The summed E-state index contributed by atoms with van der Waals surface area (Å²) in [5.41, 5.74) is 1.95. The fourth-order valence-electron chi connectivity index (χ4n) is 1.56. The molecule has 0 spiro atoms. The minimum atomic E-state index is -4.87. The van der Waals surface area contributed by atoms with Gasteiger partial charge in [0, 0.05) is 12.4 Å². The summed E-state index contributed by atoms with van der Waals surface area (Å²) in [6, 6.07) is 3.66. The van der Waals surface area contributed by atoms with Crippen molar-refractivity contribution in [3.8, 4) is 0 Å². The first-order chi connectivity index (χ1) is 8.38. The molecule has 0 aliphatic carbocycles. The van der Waals surface area contributed by atoms with Crippen molar-refractivity contribution in [2.45, 2.75) is 19.6 Å². The Kier molecular flexibility index (Phi) is 2.98. The van der Waals surface area contributed by atoms with Gasteiger partial charge in [-0.05, 0) is 18.6 Å². The third-order valence-electron chi connectivity index (χ3n) is 2.42. The van der Waals surface area contributed by atoms with Gasteiger partial charge >= 0.3 is 12.1 Å². The summed E-state index contributed by atoms with van der Waals surface area (Å²) in [5, 5.41) is 1.78. The highest BCUT2D eigenvalue weighted by Crippen LogP contribution is 2.15. The van der Waals surface area contributed by atoms with Gasteiger partial charge in [-0.1, -0.05) is 6.07 Å². The molecule has 0 fully saturated rings. The van der Waals surface area contributed by atoms with E-state index in [0.717, 1.165) is 5.56 Å². The third kappa shape index (κ3) is 2.44. The number of amides is 1. The summed E-state index contributed by atoms with van der Waals surface area (Å²) in [6.07, 6.45) is -1.54. The van der Waals surface area contributed by atoms with Gasteiger partial charge in [-0.3, -0.25) is 4.79 Å². The molecule has 0 bridgehead atoms. The summed E-state index contributed by atoms with van der Waals surface area (Å²) < 4.78 is 37.6. The van der Waals surface area contributed by atoms with Gasteiger partial charge < -0.3 is 9.72 Å². The standard InChI is InChI=1S/C11H10F3N3O/c1-7-3-2-4-17-6-8(16-9(7)17)5-15-10(18)11(12,13)14/h2-4,6H,5H2,1H3,(H,15,18). The van der Waals surface area contributed by atoms with Crippen molar-refractivity contribution in [1.29, 1.82) is 0 Å². The zero-order valence-electron chi connectivity index (χ0n) is 9.45. The summed E-state index contributed by atoms with van der Waals surface area (Å²) in [5.74, 6) is -1.96. The Labute approximate surface area is 100 Å². The lowest BCUT2D eigenvalue weighted by molar-refractivity contribution is -0.173. The van der Waals surface area contributed by atoms with Gasteiger partial charge in [0.25, 0.3) is 0 Å². The molecule has 7 heteroatoms. The number of halogens is 3. The van der Waals surface area contributed by atoms with E-state index in [1.165, 1.54) is 0 Å². The average molecular weight is 257 g/mol. The van der Waals surface area contributed by atoms with Gasteiger partial charge in [0.05, 0.1) is 12.2 Å². The van der Waals surface area contributed by atoms with Crippen LogP contribution in [0, 0.1) is 6.92 Å². The molecule has 1 amide bonds. The van der Waals surface area contributed by atoms with E-state index in [0.29, 0.717) is 11.3 Å². The first-order valence-corrected chi connectivity index (χ1v) is 5.16. The molecule has 0 aliphatic rings. The highest BCUT2D eigenvalue weighted by atomic mass is 19.4. The van der Waals surface area contributed by atoms with Gasteiger partial charge in [-0.2, -0.15) is 13.2 Å². The van der Waals surface area contributed by atoms with Crippen LogP contribution < -0.4 is 5.32 Å². The Balaban J connectivity index is 2.14. The van der Waals surface area contributed by atoms with Crippen LogP contribution in [0.25, 0.3) is 5.65 Å². The number of rotatable bonds is 2. The second-order valence-electron chi connectivity index (χ2n) is 3.83. The number of carbonyl (C=O) groups excluding carboxylic acids is 1. The van der Waals surface area contributed by atoms with Crippen molar-refractivity contribution in [2.24, 2.45) is 0 Å². The first kappa shape index (κ1) is 12.4. The fourth-order valence-corrected chi connectivity index (χ4v) is 1.56. The van der Waals surface area contributed by atoms with Crippen LogP contribution in [0.1, 0.15) is 11.3 Å². The van der Waals surface area contributed by atoms with Crippen molar-refractivity contribution < 1.29 is 18.0 Å². The maximum absolute atomic E-state index is 12.0. The maximum Gasteiger partial charge on any atom is 0.471 e. The highest BCUT2D eigenvalue weighted by Gasteiger charge is 2.38. The number of nitrogens with zero attached hydrogens (tertiary/aromatic N) is 2. The quantitative estimate of drug-likeness (QED) is 0.892. The van der Waals surface area contributed by atoms with Crippen LogP contribution in [0.4, 0.5) is 13.2 Å². The molecule has 2 aromatic heterocycles. The molecular formula is C11H10F3N3O. The van der Waals surface area contributed by atoms with Gasteiger partial charge in [0.15, 0.2) is 0 Å². The van der Waals surface area contributed by atoms with E-state index in [1.54, 1.807) is 22.1 Å². The number of nitrogens with one attached hydrogen (secondary N) is 1. The van der Waals surface area contributed by atoms with Crippen molar-refractivity contribution >= 4 is 11.6 Å². The Bertz CT molecular complexity index is 589. The number of imidazole rings is 1. The van der Waals surface area contributed by atoms with Gasteiger partial charge in [0.1, 0.15) is 5.65 Å². The van der Waals surface area contributed by atoms with Crippen LogP contribution in [0.3, 0.4) is 0 Å². The van der Waals surface area contributed by atoms with Gasteiger partial charge in [-0.15, -0.1) is 0 Å². The minimum absolute atomic E-state index is 0.251. The van der Waals surface area contributed by atoms with E-state index in [-0.39, 0.29) is 6.54 Å². The molecule has 0 atom stereocenters. The average Bonchev–Trinajstić information content (AvgIpc) is 2.69. The molecule has 2 aromatic rings. The molecule has 0 saturated heterocycles. The molecule has 1 N–H and O–H groups in total. The normalized spacial score (nSPS) is 11.8. The lowest BCUT2D eigenvalue weighted by Crippen LogP contribution is -2.36. The van der Waals surface area contributed by atoms with Crippen molar-refractivity contribution in [1.82, 2.24) is 14.7 Å². The molecule has 0 radical (unpaired) electrons. The molecule has 0 saturated carbocycles. The number of pyridine rings is 1. The van der Waals surface area contributed by atoms with Crippen LogP contribution in [0.15, 0.2) is 24.5 Å². The SMILES string of the molecule is Cc1cccn2cc(CNC(=O)C(F)(F)F)nc12. The second kappa shape index (κ2) is 4.32. The number of hydrogen-bond donors (Lipinski definition) is 1. The van der Waals surface area contributed by atoms with Crippen LogP contribution in [-0.2, 0) is 11.3 Å². The predicted octanol–water partition coefficient (Wildman–Crippen LogP) is 1.82. The second-order valence-corrected chi connectivity index (χ2v) is 3.83. The summed E-state index contributed by atoms with van der Waals surface area (Å²) in [4.78, 5) is 14.8. The number of hydrogen-bond acceptors (Lipinski definition) is 2. The van der Waals surface area contributed by atoms with E-state index in [4.69, 9.17) is 0 Å². The van der Waals surface area contributed by atoms with Crippen molar-refractivity contribution in [3.05, 3.63) is 35.8 Å². The van der Waals surface area contributed by atoms with Crippen LogP contribution in [-0.4, -0.2) is 21.5 Å². The molecule has 0 aromatic carbocycles. The molecule has 2 rings (SSSR count). The highest BCUT2D eigenvalue weighted by molar-refractivity contribution is 5.81. The Hall–Kier alpha value is -2.05. The van der Waals surface area contributed by atoms with E-state index in [9.17, 15) is 18.0 Å². The fraction of sp³-hybridized carbons (Fsp3) is 0.273. The number of alkyl halides is 3. The molecular weight excluding hydrogens is 247 g/mol. The summed E-state index contributed by atoms with van der Waals surface area (Å²) in [6.45, 7) is 1.60. The summed E-state index contributed by atoms with van der Waals surface area (Å²) >= 11 is 0. The number of carbonyl (C=O) groups is 1. The lowest BCUT2D eigenvalue weighted by Gasteiger charge is -2.05. The van der Waals surface area contributed by atoms with E-state index < -0.39 is 12.1 Å². The van der Waals surface area contributed by atoms with Crippen molar-refractivity contribution in [3.63, 3.8) is 0 Å². The van der Waals surface area contributed by atoms with Crippen molar-refractivity contribution in [2.75, 3.05) is 0 Å². The molecule has 0 unspecified atom stereocenters. The Morgan fingerprint density at radius 2 is 2.22 bits per heavy atom. The van der Waals surface area contributed by atoms with E-state index in [1.807, 2.05) is 19.1 Å².